The highest BCUT2D eigenvalue weighted by atomic mass is 32.1. The van der Waals surface area contributed by atoms with E-state index in [4.69, 9.17) is 23.7 Å². The van der Waals surface area contributed by atoms with E-state index < -0.39 is 0 Å². The number of nitrogens with zero attached hydrogens (tertiary/aromatic N) is 5. The van der Waals surface area contributed by atoms with Gasteiger partial charge in [0.05, 0.1) is 18.7 Å². The molecule has 1 saturated heterocycles. The third-order valence-corrected chi connectivity index (χ3v) is 5.29. The van der Waals surface area contributed by atoms with Gasteiger partial charge in [-0.2, -0.15) is 5.10 Å². The summed E-state index contributed by atoms with van der Waals surface area (Å²) in [5, 5.41) is 5.98. The molecule has 0 spiro atoms. The van der Waals surface area contributed by atoms with Gasteiger partial charge in [-0.3, -0.25) is 14.2 Å². The fourth-order valence-electron chi connectivity index (χ4n) is 3.52. The summed E-state index contributed by atoms with van der Waals surface area (Å²) in [6, 6.07) is 10.5. The molecule has 2 aromatic heterocycles. The van der Waals surface area contributed by atoms with E-state index in [0.717, 1.165) is 55.3 Å². The lowest BCUT2D eigenvalue weighted by atomic mass is 10.1. The molecule has 1 aliphatic rings. The van der Waals surface area contributed by atoms with Crippen LogP contribution in [0.25, 0.3) is 16.6 Å². The van der Waals surface area contributed by atoms with E-state index in [1.165, 1.54) is 10.9 Å². The number of aromatic nitrogens is 3. The smallest absolute Gasteiger partial charge is 0.204 e. The first-order chi connectivity index (χ1) is 12.2. The molecule has 25 heavy (non-hydrogen) atoms. The molecule has 5 nitrogen and oxygen atoms in total. The highest BCUT2D eigenvalue weighted by Gasteiger charge is 2.18. The Labute approximate surface area is 152 Å². The number of hydrogen-bond donors (Lipinski definition) is 0. The predicted octanol–water partition coefficient (Wildman–Crippen LogP) is 2.54. The number of pyridine rings is 1. The van der Waals surface area contributed by atoms with Crippen molar-refractivity contribution in [1.29, 1.82) is 0 Å². The SMILES string of the molecule is C#CCN1CCN(Cn2nc3cc(C)c4ccccc4n3c2=S)CC1. The summed E-state index contributed by atoms with van der Waals surface area (Å²) >= 11 is 5.73. The zero-order valence-corrected chi connectivity index (χ0v) is 15.2. The molecule has 1 fully saturated rings. The highest BCUT2D eigenvalue weighted by Crippen LogP contribution is 2.21. The number of terminal acetylenes is 1. The van der Waals surface area contributed by atoms with Crippen LogP contribution in [0.4, 0.5) is 0 Å². The molecule has 3 heterocycles. The Hall–Kier alpha value is -2.20. The Morgan fingerprint density at radius 2 is 1.88 bits per heavy atom. The highest BCUT2D eigenvalue weighted by molar-refractivity contribution is 7.71. The molecule has 0 amide bonds. The molecule has 0 radical (unpaired) electrons. The molecule has 0 bridgehead atoms. The Balaban J connectivity index is 1.66. The third-order valence-electron chi connectivity index (χ3n) is 4.89. The largest absolute Gasteiger partial charge is 0.290 e. The van der Waals surface area contributed by atoms with Crippen molar-refractivity contribution in [2.45, 2.75) is 13.6 Å². The fraction of sp³-hybridized carbons (Fsp3) is 0.368. The number of rotatable bonds is 3. The summed E-state index contributed by atoms with van der Waals surface area (Å²) in [5.74, 6) is 2.72. The predicted molar refractivity (Wildman–Crippen MR) is 103 cm³/mol. The van der Waals surface area contributed by atoms with Crippen LogP contribution >= 0.6 is 12.2 Å². The van der Waals surface area contributed by atoms with Gasteiger partial charge in [0, 0.05) is 31.6 Å². The summed E-state index contributed by atoms with van der Waals surface area (Å²) in [6.45, 7) is 7.52. The third kappa shape index (κ3) is 2.95. The summed E-state index contributed by atoms with van der Waals surface area (Å²) < 4.78 is 4.76. The van der Waals surface area contributed by atoms with Gasteiger partial charge in [0.2, 0.25) is 4.77 Å². The van der Waals surface area contributed by atoms with Gasteiger partial charge >= 0.3 is 0 Å². The monoisotopic (exact) mass is 351 g/mol. The van der Waals surface area contributed by atoms with E-state index in [1.54, 1.807) is 0 Å². The quantitative estimate of drug-likeness (QED) is 0.536. The van der Waals surface area contributed by atoms with Crippen molar-refractivity contribution in [3.63, 3.8) is 0 Å². The van der Waals surface area contributed by atoms with E-state index in [0.29, 0.717) is 0 Å². The molecule has 4 rings (SSSR count). The van der Waals surface area contributed by atoms with Crippen LogP contribution in [-0.4, -0.2) is 56.7 Å². The van der Waals surface area contributed by atoms with E-state index in [9.17, 15) is 0 Å². The number of benzene rings is 1. The fourth-order valence-corrected chi connectivity index (χ4v) is 3.81. The lowest BCUT2D eigenvalue weighted by Gasteiger charge is -2.33. The number of para-hydroxylation sites is 1. The van der Waals surface area contributed by atoms with Crippen LogP contribution < -0.4 is 0 Å². The average Bonchev–Trinajstić information content (AvgIpc) is 2.93. The molecule has 1 aromatic carbocycles. The minimum absolute atomic E-state index is 0.720. The van der Waals surface area contributed by atoms with Crippen LogP contribution in [0.2, 0.25) is 0 Å². The van der Waals surface area contributed by atoms with Crippen molar-refractivity contribution in [3.05, 3.63) is 40.7 Å². The minimum atomic E-state index is 0.720. The summed E-state index contributed by atoms with van der Waals surface area (Å²) in [7, 11) is 0. The molecule has 6 heteroatoms. The summed E-state index contributed by atoms with van der Waals surface area (Å²) in [5.41, 5.74) is 3.25. The molecule has 0 saturated carbocycles. The van der Waals surface area contributed by atoms with Gasteiger partial charge in [-0.1, -0.05) is 24.1 Å². The molecular weight excluding hydrogens is 330 g/mol. The van der Waals surface area contributed by atoms with Gasteiger partial charge < -0.3 is 0 Å². The Bertz CT molecular complexity index is 1020. The van der Waals surface area contributed by atoms with Crippen LogP contribution in [0, 0.1) is 24.0 Å². The maximum Gasteiger partial charge on any atom is 0.204 e. The van der Waals surface area contributed by atoms with Crippen molar-refractivity contribution in [2.75, 3.05) is 32.7 Å². The van der Waals surface area contributed by atoms with E-state index in [2.05, 4.69) is 51.3 Å². The standard InChI is InChI=1S/C19H21N5S/c1-3-8-21-9-11-22(12-10-21)14-23-19(25)24-17-7-5-4-6-16(17)15(2)13-18(24)20-23/h1,4-7,13H,8-12,14H2,2H3. The molecule has 3 aromatic rings. The lowest BCUT2D eigenvalue weighted by Crippen LogP contribution is -2.46. The zero-order chi connectivity index (χ0) is 17.4. The van der Waals surface area contributed by atoms with Crippen molar-refractivity contribution in [1.82, 2.24) is 24.0 Å². The molecule has 1 aliphatic heterocycles. The second-order valence-corrected chi connectivity index (χ2v) is 6.93. The van der Waals surface area contributed by atoms with Gasteiger partial charge in [0.25, 0.3) is 0 Å². The number of piperazine rings is 1. The molecule has 0 N–H and O–H groups in total. The van der Waals surface area contributed by atoms with Gasteiger partial charge in [-0.15, -0.1) is 6.42 Å². The van der Waals surface area contributed by atoms with Crippen molar-refractivity contribution < 1.29 is 0 Å². The van der Waals surface area contributed by atoms with Crippen LogP contribution in [0.1, 0.15) is 5.56 Å². The Morgan fingerprint density at radius 3 is 2.64 bits per heavy atom. The van der Waals surface area contributed by atoms with Gasteiger partial charge in [0.1, 0.15) is 0 Å². The molecule has 0 aliphatic carbocycles. The van der Waals surface area contributed by atoms with Gasteiger partial charge in [0.15, 0.2) is 5.65 Å². The first-order valence-electron chi connectivity index (χ1n) is 8.53. The maximum atomic E-state index is 5.73. The number of aryl methyl sites for hydroxylation is 1. The number of hydrogen-bond acceptors (Lipinski definition) is 4. The first kappa shape index (κ1) is 16.3. The van der Waals surface area contributed by atoms with Crippen LogP contribution in [0.5, 0.6) is 0 Å². The molecule has 0 unspecified atom stereocenters. The Morgan fingerprint density at radius 1 is 1.16 bits per heavy atom. The Kier molecular flexibility index (Phi) is 4.30. The normalized spacial score (nSPS) is 16.5. The van der Waals surface area contributed by atoms with E-state index in [1.807, 2.05) is 10.7 Å². The lowest BCUT2D eigenvalue weighted by molar-refractivity contribution is 0.111. The van der Waals surface area contributed by atoms with E-state index >= 15 is 0 Å². The van der Waals surface area contributed by atoms with Crippen molar-refractivity contribution in [3.8, 4) is 12.3 Å². The van der Waals surface area contributed by atoms with Crippen LogP contribution in [-0.2, 0) is 6.67 Å². The maximum absolute atomic E-state index is 5.73. The van der Waals surface area contributed by atoms with Crippen molar-refractivity contribution in [2.24, 2.45) is 0 Å². The average molecular weight is 351 g/mol. The molecular formula is C19H21N5S. The van der Waals surface area contributed by atoms with Crippen LogP contribution in [0.15, 0.2) is 30.3 Å². The minimum Gasteiger partial charge on any atom is -0.290 e. The van der Waals surface area contributed by atoms with Gasteiger partial charge in [-0.05, 0) is 36.8 Å². The zero-order valence-electron chi connectivity index (χ0n) is 14.4. The van der Waals surface area contributed by atoms with Gasteiger partial charge in [-0.25, -0.2) is 4.68 Å². The van der Waals surface area contributed by atoms with E-state index in [-0.39, 0.29) is 0 Å². The van der Waals surface area contributed by atoms with Crippen molar-refractivity contribution >= 4 is 28.8 Å². The molecule has 0 atom stereocenters. The summed E-state index contributed by atoms with van der Waals surface area (Å²) in [6.07, 6.45) is 5.40. The number of fused-ring (bicyclic) bond motifs is 3. The van der Waals surface area contributed by atoms with Crippen LogP contribution in [0.3, 0.4) is 0 Å². The molecule has 128 valence electrons. The second kappa shape index (κ2) is 6.60. The topological polar surface area (TPSA) is 28.7 Å². The first-order valence-corrected chi connectivity index (χ1v) is 8.94. The summed E-state index contributed by atoms with van der Waals surface area (Å²) in [4.78, 5) is 4.68. The second-order valence-electron chi connectivity index (χ2n) is 6.56.